The summed E-state index contributed by atoms with van der Waals surface area (Å²) < 4.78 is 11.0. The van der Waals surface area contributed by atoms with Crippen LogP contribution in [-0.4, -0.2) is 29.3 Å². The first-order valence-electron chi connectivity index (χ1n) is 6.87. The fraction of sp³-hybridized carbons (Fsp3) is 0.188. The third-order valence-electron chi connectivity index (χ3n) is 3.64. The van der Waals surface area contributed by atoms with E-state index in [2.05, 4.69) is 9.97 Å². The predicted octanol–water partition coefficient (Wildman–Crippen LogP) is 2.59. The maximum Gasteiger partial charge on any atom is 0.145 e. The lowest BCUT2D eigenvalue weighted by Gasteiger charge is -2.26. The molecule has 0 unspecified atom stereocenters. The summed E-state index contributed by atoms with van der Waals surface area (Å²) >= 11 is 0. The van der Waals surface area contributed by atoms with Gasteiger partial charge in [-0.2, -0.15) is 0 Å². The Morgan fingerprint density at radius 1 is 1.24 bits per heavy atom. The summed E-state index contributed by atoms with van der Waals surface area (Å²) in [6, 6.07) is 10.0. The van der Waals surface area contributed by atoms with Crippen LogP contribution in [0.3, 0.4) is 0 Å². The van der Waals surface area contributed by atoms with Gasteiger partial charge in [-0.25, -0.2) is 4.98 Å². The van der Waals surface area contributed by atoms with Crippen molar-refractivity contribution >= 4 is 16.7 Å². The van der Waals surface area contributed by atoms with E-state index >= 15 is 0 Å². The van der Waals surface area contributed by atoms with Crippen molar-refractivity contribution in [2.75, 3.05) is 18.9 Å². The van der Waals surface area contributed by atoms with Crippen LogP contribution in [0.25, 0.3) is 22.2 Å². The molecule has 5 heteroatoms. The summed E-state index contributed by atoms with van der Waals surface area (Å²) in [5.41, 5.74) is 9.52. The van der Waals surface area contributed by atoms with Gasteiger partial charge in [0.25, 0.3) is 0 Å². The molecule has 2 aromatic heterocycles. The van der Waals surface area contributed by atoms with Crippen molar-refractivity contribution < 1.29 is 9.47 Å². The van der Waals surface area contributed by atoms with Crippen molar-refractivity contribution in [1.29, 1.82) is 0 Å². The van der Waals surface area contributed by atoms with Crippen molar-refractivity contribution in [2.24, 2.45) is 0 Å². The molecule has 0 aliphatic carbocycles. The number of pyridine rings is 1. The lowest BCUT2D eigenvalue weighted by molar-refractivity contribution is -0.0796. The number of hydrogen-bond acceptors (Lipinski definition) is 4. The van der Waals surface area contributed by atoms with Crippen molar-refractivity contribution in [3.8, 4) is 16.9 Å². The number of aromatic nitrogens is 2. The highest BCUT2D eigenvalue weighted by Gasteiger charge is 2.20. The van der Waals surface area contributed by atoms with Crippen LogP contribution in [0.15, 0.2) is 42.7 Å². The fourth-order valence-corrected chi connectivity index (χ4v) is 2.41. The molecule has 0 amide bonds. The molecule has 1 aliphatic heterocycles. The molecule has 3 aromatic rings. The van der Waals surface area contributed by atoms with Gasteiger partial charge >= 0.3 is 0 Å². The van der Waals surface area contributed by atoms with E-state index in [0.29, 0.717) is 18.9 Å². The van der Waals surface area contributed by atoms with Gasteiger partial charge in [0.2, 0.25) is 0 Å². The van der Waals surface area contributed by atoms with Gasteiger partial charge in [0.15, 0.2) is 0 Å². The van der Waals surface area contributed by atoms with Crippen LogP contribution in [0.2, 0.25) is 0 Å². The summed E-state index contributed by atoms with van der Waals surface area (Å²) in [7, 11) is 0. The molecular weight excluding hydrogens is 266 g/mol. The molecular formula is C16H15N3O2. The van der Waals surface area contributed by atoms with Crippen LogP contribution in [0.1, 0.15) is 0 Å². The van der Waals surface area contributed by atoms with Crippen molar-refractivity contribution in [3.63, 3.8) is 0 Å². The molecule has 4 rings (SSSR count). The van der Waals surface area contributed by atoms with E-state index in [9.17, 15) is 0 Å². The number of nitrogen functional groups attached to an aromatic ring is 1. The highest BCUT2D eigenvalue weighted by atomic mass is 16.6. The number of H-pyrrole nitrogens is 1. The van der Waals surface area contributed by atoms with Crippen molar-refractivity contribution in [2.45, 2.75) is 6.10 Å². The highest BCUT2D eigenvalue weighted by molar-refractivity contribution is 5.91. The first-order valence-corrected chi connectivity index (χ1v) is 6.87. The van der Waals surface area contributed by atoms with Crippen LogP contribution in [0.5, 0.6) is 5.75 Å². The number of nitrogens with zero attached hydrogens (tertiary/aromatic N) is 1. The molecule has 21 heavy (non-hydrogen) atoms. The number of aromatic amines is 1. The van der Waals surface area contributed by atoms with E-state index in [1.807, 2.05) is 36.5 Å². The molecule has 3 N–H and O–H groups in total. The largest absolute Gasteiger partial charge is 0.486 e. The normalized spacial score (nSPS) is 15.0. The van der Waals surface area contributed by atoms with Gasteiger partial charge in [-0.3, -0.25) is 0 Å². The summed E-state index contributed by atoms with van der Waals surface area (Å²) in [4.78, 5) is 7.44. The molecule has 1 saturated heterocycles. The van der Waals surface area contributed by atoms with E-state index in [1.165, 1.54) is 0 Å². The van der Waals surface area contributed by atoms with Crippen LogP contribution < -0.4 is 10.5 Å². The third-order valence-corrected chi connectivity index (χ3v) is 3.64. The van der Waals surface area contributed by atoms with E-state index < -0.39 is 0 Å². The minimum absolute atomic E-state index is 0.168. The molecule has 0 radical (unpaired) electrons. The van der Waals surface area contributed by atoms with Gasteiger partial charge in [0.1, 0.15) is 17.5 Å². The maximum absolute atomic E-state index is 5.93. The topological polar surface area (TPSA) is 73.2 Å². The number of anilines is 1. The number of benzene rings is 1. The van der Waals surface area contributed by atoms with Gasteiger partial charge in [-0.05, 0) is 23.8 Å². The number of fused-ring (bicyclic) bond motifs is 1. The van der Waals surface area contributed by atoms with Crippen LogP contribution in [0, 0.1) is 0 Å². The predicted molar refractivity (Wildman–Crippen MR) is 81.2 cm³/mol. The minimum atomic E-state index is 0.168. The number of rotatable bonds is 3. The molecule has 5 nitrogen and oxygen atoms in total. The zero-order valence-corrected chi connectivity index (χ0v) is 11.4. The van der Waals surface area contributed by atoms with Crippen molar-refractivity contribution in [3.05, 3.63) is 42.7 Å². The lowest BCUT2D eigenvalue weighted by atomic mass is 10.1. The van der Waals surface area contributed by atoms with Crippen LogP contribution in [-0.2, 0) is 4.74 Å². The zero-order valence-electron chi connectivity index (χ0n) is 11.4. The molecule has 0 saturated carbocycles. The quantitative estimate of drug-likeness (QED) is 0.774. The fourth-order valence-electron chi connectivity index (χ4n) is 2.41. The second-order valence-electron chi connectivity index (χ2n) is 5.17. The van der Waals surface area contributed by atoms with Crippen LogP contribution >= 0.6 is 0 Å². The number of hydrogen-bond donors (Lipinski definition) is 2. The molecule has 1 aromatic carbocycles. The molecule has 0 bridgehead atoms. The standard InChI is InChI=1S/C16H15N3O2/c17-15-7-19-16-14(15)5-11(6-18-16)10-2-1-3-12(4-10)21-13-8-20-9-13/h1-7,13H,8-9,17H2,(H,18,19). The van der Waals surface area contributed by atoms with Crippen LogP contribution in [0.4, 0.5) is 5.69 Å². The Balaban J connectivity index is 1.69. The van der Waals surface area contributed by atoms with Gasteiger partial charge in [0.05, 0.1) is 18.9 Å². The Kier molecular flexibility index (Phi) is 2.79. The Labute approximate surface area is 121 Å². The monoisotopic (exact) mass is 281 g/mol. The Bertz CT molecular complexity index is 793. The average Bonchev–Trinajstić information content (AvgIpc) is 2.84. The minimum Gasteiger partial charge on any atom is -0.486 e. The number of ether oxygens (including phenoxy) is 2. The molecule has 0 atom stereocenters. The first-order chi connectivity index (χ1) is 10.3. The molecule has 3 heterocycles. The molecule has 0 spiro atoms. The second kappa shape index (κ2) is 4.79. The smallest absolute Gasteiger partial charge is 0.145 e. The Morgan fingerprint density at radius 2 is 2.14 bits per heavy atom. The number of nitrogens with one attached hydrogen (secondary N) is 1. The van der Waals surface area contributed by atoms with E-state index in [0.717, 1.165) is 27.9 Å². The van der Waals surface area contributed by atoms with E-state index in [1.54, 1.807) is 6.20 Å². The van der Waals surface area contributed by atoms with Gasteiger partial charge in [0, 0.05) is 23.3 Å². The van der Waals surface area contributed by atoms with Gasteiger partial charge in [-0.15, -0.1) is 0 Å². The lowest BCUT2D eigenvalue weighted by Crippen LogP contribution is -2.38. The molecule has 1 aliphatic rings. The molecule has 106 valence electrons. The number of nitrogens with two attached hydrogens (primary N) is 1. The van der Waals surface area contributed by atoms with E-state index in [-0.39, 0.29) is 6.10 Å². The summed E-state index contributed by atoms with van der Waals surface area (Å²) in [5, 5.41) is 0.936. The molecule has 1 fully saturated rings. The summed E-state index contributed by atoms with van der Waals surface area (Å²) in [6.07, 6.45) is 3.77. The summed E-state index contributed by atoms with van der Waals surface area (Å²) in [5.74, 6) is 0.850. The second-order valence-corrected chi connectivity index (χ2v) is 5.17. The van der Waals surface area contributed by atoms with Gasteiger partial charge in [-0.1, -0.05) is 12.1 Å². The third kappa shape index (κ3) is 2.21. The SMILES string of the molecule is Nc1c[nH]c2ncc(-c3cccc(OC4COC4)c3)cc12. The van der Waals surface area contributed by atoms with E-state index in [4.69, 9.17) is 15.2 Å². The average molecular weight is 281 g/mol. The first kappa shape index (κ1) is 12.2. The Hall–Kier alpha value is -2.53. The van der Waals surface area contributed by atoms with Gasteiger partial charge < -0.3 is 20.2 Å². The highest BCUT2D eigenvalue weighted by Crippen LogP contribution is 2.28. The maximum atomic E-state index is 5.93. The van der Waals surface area contributed by atoms with Crippen molar-refractivity contribution in [1.82, 2.24) is 9.97 Å². The zero-order chi connectivity index (χ0) is 14.2. The Morgan fingerprint density at radius 3 is 2.95 bits per heavy atom. The summed E-state index contributed by atoms with van der Waals surface area (Å²) in [6.45, 7) is 1.33.